The van der Waals surface area contributed by atoms with Gasteiger partial charge in [-0.25, -0.2) is 4.79 Å². The van der Waals surface area contributed by atoms with Crippen molar-refractivity contribution in [1.82, 2.24) is 10.2 Å². The molecule has 2 rings (SSSR count). The van der Waals surface area contributed by atoms with Gasteiger partial charge in [-0.05, 0) is 18.4 Å². The van der Waals surface area contributed by atoms with Crippen LogP contribution in [0.5, 0.6) is 0 Å². The molecule has 2 N–H and O–H groups in total. The zero-order chi connectivity index (χ0) is 13.0. The van der Waals surface area contributed by atoms with Gasteiger partial charge in [0.2, 0.25) is 0 Å². The third-order valence-corrected chi connectivity index (χ3v) is 3.56. The summed E-state index contributed by atoms with van der Waals surface area (Å²) in [5.74, 6) is 0. The lowest BCUT2D eigenvalue weighted by Gasteiger charge is -2.27. The number of carbonyl (C=O) groups is 1. The molecule has 1 saturated heterocycles. The zero-order valence-corrected chi connectivity index (χ0v) is 10.7. The summed E-state index contributed by atoms with van der Waals surface area (Å²) in [6.45, 7) is 3.94. The molecule has 98 valence electrons. The quantitative estimate of drug-likeness (QED) is 0.860. The van der Waals surface area contributed by atoms with Gasteiger partial charge in [-0.3, -0.25) is 4.90 Å². The Bertz CT molecular complexity index is 394. The van der Waals surface area contributed by atoms with Crippen LogP contribution in [0.4, 0.5) is 4.79 Å². The molecule has 1 heterocycles. The van der Waals surface area contributed by atoms with Gasteiger partial charge in [-0.1, -0.05) is 37.3 Å². The second-order valence-electron chi connectivity index (χ2n) is 4.76. The molecular formula is C14H20N2O2. The van der Waals surface area contributed by atoms with Crippen LogP contribution < -0.4 is 5.32 Å². The van der Waals surface area contributed by atoms with E-state index in [1.54, 1.807) is 0 Å². The maximum atomic E-state index is 10.6. The fraction of sp³-hybridized carbons (Fsp3) is 0.500. The predicted octanol–water partition coefficient (Wildman–Crippen LogP) is 2.48. The zero-order valence-electron chi connectivity index (χ0n) is 10.7. The standard InChI is InChI=1S/C14H20N2O2/c1-2-13(11-6-4-3-5-7-11)16-9-8-12(10-16)15-14(17)18/h3-7,12-13,15H,2,8-10H2,1H3,(H,17,18)/t12?,13-/m0/s1. The van der Waals surface area contributed by atoms with Crippen LogP contribution in [-0.4, -0.2) is 35.2 Å². The van der Waals surface area contributed by atoms with E-state index in [1.165, 1.54) is 5.56 Å². The van der Waals surface area contributed by atoms with E-state index < -0.39 is 6.09 Å². The first-order chi connectivity index (χ1) is 8.70. The van der Waals surface area contributed by atoms with Crippen LogP contribution in [0.2, 0.25) is 0 Å². The van der Waals surface area contributed by atoms with E-state index in [-0.39, 0.29) is 6.04 Å². The summed E-state index contributed by atoms with van der Waals surface area (Å²) in [7, 11) is 0. The van der Waals surface area contributed by atoms with Crippen molar-refractivity contribution in [3.63, 3.8) is 0 Å². The highest BCUT2D eigenvalue weighted by Crippen LogP contribution is 2.27. The minimum Gasteiger partial charge on any atom is -0.465 e. The van der Waals surface area contributed by atoms with E-state index in [2.05, 4.69) is 41.4 Å². The number of carboxylic acid groups (broad SMARTS) is 1. The van der Waals surface area contributed by atoms with Crippen LogP contribution in [0.1, 0.15) is 31.4 Å². The predicted molar refractivity (Wildman–Crippen MR) is 70.6 cm³/mol. The fourth-order valence-electron chi connectivity index (χ4n) is 2.74. The van der Waals surface area contributed by atoms with E-state index in [9.17, 15) is 4.79 Å². The minimum absolute atomic E-state index is 0.0697. The molecule has 4 heteroatoms. The summed E-state index contributed by atoms with van der Waals surface area (Å²) >= 11 is 0. The Hall–Kier alpha value is -1.55. The molecule has 0 bridgehead atoms. The SMILES string of the molecule is CC[C@@H](c1ccccc1)N1CCC(NC(=O)O)C1. The molecule has 0 aliphatic carbocycles. The second-order valence-corrected chi connectivity index (χ2v) is 4.76. The molecule has 4 nitrogen and oxygen atoms in total. The Morgan fingerprint density at radius 3 is 2.83 bits per heavy atom. The van der Waals surface area contributed by atoms with Gasteiger partial charge in [0, 0.05) is 25.2 Å². The third kappa shape index (κ3) is 3.01. The van der Waals surface area contributed by atoms with Crippen molar-refractivity contribution in [1.29, 1.82) is 0 Å². The topological polar surface area (TPSA) is 52.6 Å². The molecule has 0 saturated carbocycles. The molecule has 1 fully saturated rings. The van der Waals surface area contributed by atoms with Crippen LogP contribution >= 0.6 is 0 Å². The lowest BCUT2D eigenvalue weighted by Crippen LogP contribution is -2.36. The van der Waals surface area contributed by atoms with Crippen molar-refractivity contribution >= 4 is 6.09 Å². The Morgan fingerprint density at radius 1 is 1.50 bits per heavy atom. The molecule has 1 aromatic carbocycles. The highest BCUT2D eigenvalue weighted by Gasteiger charge is 2.28. The van der Waals surface area contributed by atoms with Crippen LogP contribution in [0.3, 0.4) is 0 Å². The average Bonchev–Trinajstić information content (AvgIpc) is 2.79. The maximum absolute atomic E-state index is 10.6. The molecule has 18 heavy (non-hydrogen) atoms. The number of amides is 1. The number of likely N-dealkylation sites (tertiary alicyclic amines) is 1. The van der Waals surface area contributed by atoms with Crippen LogP contribution in [0, 0.1) is 0 Å². The molecular weight excluding hydrogens is 228 g/mol. The van der Waals surface area contributed by atoms with E-state index in [0.717, 1.165) is 25.9 Å². The molecule has 1 aliphatic rings. The highest BCUT2D eigenvalue weighted by molar-refractivity contribution is 5.64. The van der Waals surface area contributed by atoms with Gasteiger partial charge in [-0.2, -0.15) is 0 Å². The maximum Gasteiger partial charge on any atom is 0.404 e. The summed E-state index contributed by atoms with van der Waals surface area (Å²) < 4.78 is 0. The number of nitrogens with zero attached hydrogens (tertiary/aromatic N) is 1. The van der Waals surface area contributed by atoms with Crippen LogP contribution in [0.25, 0.3) is 0 Å². The monoisotopic (exact) mass is 248 g/mol. The molecule has 0 aromatic heterocycles. The minimum atomic E-state index is -0.922. The molecule has 1 amide bonds. The number of nitrogens with one attached hydrogen (secondary N) is 1. The Morgan fingerprint density at radius 2 is 2.22 bits per heavy atom. The van der Waals surface area contributed by atoms with Gasteiger partial charge in [0.05, 0.1) is 0 Å². The van der Waals surface area contributed by atoms with E-state index >= 15 is 0 Å². The molecule has 0 radical (unpaired) electrons. The smallest absolute Gasteiger partial charge is 0.404 e. The lowest BCUT2D eigenvalue weighted by atomic mass is 10.0. The van der Waals surface area contributed by atoms with E-state index in [0.29, 0.717) is 6.04 Å². The van der Waals surface area contributed by atoms with E-state index in [4.69, 9.17) is 5.11 Å². The van der Waals surface area contributed by atoms with Gasteiger partial charge >= 0.3 is 6.09 Å². The molecule has 2 atom stereocenters. The number of benzene rings is 1. The van der Waals surface area contributed by atoms with Crippen LogP contribution in [0.15, 0.2) is 30.3 Å². The van der Waals surface area contributed by atoms with Gasteiger partial charge in [0.15, 0.2) is 0 Å². The van der Waals surface area contributed by atoms with E-state index in [1.807, 2.05) is 6.07 Å². The first-order valence-electron chi connectivity index (χ1n) is 6.49. The number of rotatable bonds is 4. The molecule has 1 aromatic rings. The Labute approximate surface area is 108 Å². The molecule has 0 spiro atoms. The van der Waals surface area contributed by atoms with Crippen molar-refractivity contribution in [2.75, 3.05) is 13.1 Å². The Kier molecular flexibility index (Phi) is 4.20. The summed E-state index contributed by atoms with van der Waals surface area (Å²) in [5, 5.41) is 11.3. The van der Waals surface area contributed by atoms with Crippen molar-refractivity contribution in [2.45, 2.75) is 31.8 Å². The van der Waals surface area contributed by atoms with Gasteiger partial charge < -0.3 is 10.4 Å². The Balaban J connectivity index is 2.00. The van der Waals surface area contributed by atoms with Gasteiger partial charge in [0.25, 0.3) is 0 Å². The first kappa shape index (κ1) is 12.9. The largest absolute Gasteiger partial charge is 0.465 e. The van der Waals surface area contributed by atoms with Crippen molar-refractivity contribution in [3.05, 3.63) is 35.9 Å². The summed E-state index contributed by atoms with van der Waals surface area (Å²) in [6.07, 6.45) is 1.02. The lowest BCUT2D eigenvalue weighted by molar-refractivity contribution is 0.187. The molecule has 1 unspecified atom stereocenters. The van der Waals surface area contributed by atoms with Crippen LogP contribution in [-0.2, 0) is 0 Å². The number of hydrogen-bond donors (Lipinski definition) is 2. The van der Waals surface area contributed by atoms with Crippen molar-refractivity contribution < 1.29 is 9.90 Å². The highest BCUT2D eigenvalue weighted by atomic mass is 16.4. The summed E-state index contributed by atoms with van der Waals surface area (Å²) in [6, 6.07) is 10.9. The normalized spacial score (nSPS) is 21.7. The first-order valence-corrected chi connectivity index (χ1v) is 6.49. The third-order valence-electron chi connectivity index (χ3n) is 3.56. The number of hydrogen-bond acceptors (Lipinski definition) is 2. The van der Waals surface area contributed by atoms with Gasteiger partial charge in [0.1, 0.15) is 0 Å². The van der Waals surface area contributed by atoms with Crippen molar-refractivity contribution in [3.8, 4) is 0 Å². The average molecular weight is 248 g/mol. The van der Waals surface area contributed by atoms with Gasteiger partial charge in [-0.15, -0.1) is 0 Å². The summed E-state index contributed by atoms with van der Waals surface area (Å²) in [5.41, 5.74) is 1.32. The summed E-state index contributed by atoms with van der Waals surface area (Å²) in [4.78, 5) is 13.0. The van der Waals surface area contributed by atoms with Crippen molar-refractivity contribution in [2.24, 2.45) is 0 Å². The fourth-order valence-corrected chi connectivity index (χ4v) is 2.74. The molecule has 1 aliphatic heterocycles. The second kappa shape index (κ2) is 5.87.